The lowest BCUT2D eigenvalue weighted by Gasteiger charge is -2.29. The van der Waals surface area contributed by atoms with Gasteiger partial charge in [0.2, 0.25) is 5.91 Å². The molecule has 2 N–H and O–H groups in total. The van der Waals surface area contributed by atoms with E-state index in [9.17, 15) is 19.4 Å². The number of aliphatic hydroxyl groups excluding tert-OH is 1. The van der Waals surface area contributed by atoms with E-state index in [0.717, 1.165) is 38.5 Å². The van der Waals surface area contributed by atoms with Crippen molar-refractivity contribution in [3.05, 3.63) is 24.3 Å². The highest BCUT2D eigenvalue weighted by Gasteiger charge is 2.23. The molecule has 3 atom stereocenters. The van der Waals surface area contributed by atoms with Crippen LogP contribution in [0.25, 0.3) is 0 Å². The van der Waals surface area contributed by atoms with Crippen molar-refractivity contribution in [2.24, 2.45) is 0 Å². The third kappa shape index (κ3) is 50.8. The van der Waals surface area contributed by atoms with Crippen LogP contribution in [-0.2, 0) is 18.4 Å². The summed E-state index contributed by atoms with van der Waals surface area (Å²) >= 11 is 0. The fourth-order valence-electron chi connectivity index (χ4n) is 8.63. The summed E-state index contributed by atoms with van der Waals surface area (Å²) in [6, 6.07) is -0.897. The quantitative estimate of drug-likeness (QED) is 0.0272. The predicted octanol–water partition coefficient (Wildman–Crippen LogP) is 16.6. The number of carbonyl (C=O) groups is 1. The summed E-state index contributed by atoms with van der Waals surface area (Å²) in [5, 5.41) is 13.7. The third-order valence-corrected chi connectivity index (χ3v) is 14.1. The van der Waals surface area contributed by atoms with Crippen LogP contribution in [0.4, 0.5) is 0 Å². The van der Waals surface area contributed by atoms with E-state index < -0.39 is 20.0 Å². The van der Waals surface area contributed by atoms with E-state index in [1.165, 1.54) is 225 Å². The number of nitrogens with one attached hydrogen (secondary N) is 1. The number of amides is 1. The van der Waals surface area contributed by atoms with Crippen molar-refractivity contribution in [1.82, 2.24) is 5.32 Å². The molecule has 0 aliphatic heterocycles. The smallest absolute Gasteiger partial charge is 0.268 e. The molecule has 0 radical (unpaired) electrons. The third-order valence-electron chi connectivity index (χ3n) is 13.2. The van der Waals surface area contributed by atoms with Crippen molar-refractivity contribution in [2.75, 3.05) is 40.9 Å². The van der Waals surface area contributed by atoms with E-state index in [0.29, 0.717) is 17.4 Å². The van der Waals surface area contributed by atoms with Crippen LogP contribution in [0, 0.1) is 0 Å². The molecule has 8 nitrogen and oxygen atoms in total. The van der Waals surface area contributed by atoms with E-state index in [1.54, 1.807) is 6.08 Å². The molecule has 3 unspecified atom stereocenters. The van der Waals surface area contributed by atoms with Crippen molar-refractivity contribution in [1.29, 1.82) is 0 Å². The largest absolute Gasteiger partial charge is 0.756 e. The van der Waals surface area contributed by atoms with Crippen LogP contribution in [0.5, 0.6) is 0 Å². The number of phosphoric acid groups is 1. The molecule has 0 aromatic heterocycles. The number of unbranched alkanes of at least 4 members (excludes halogenated alkanes) is 38. The molecular formula is C57H113N2O6P. The van der Waals surface area contributed by atoms with Gasteiger partial charge in [-0.2, -0.15) is 0 Å². The second-order valence-corrected chi connectivity index (χ2v) is 22.4. The van der Waals surface area contributed by atoms with Gasteiger partial charge in [0.05, 0.1) is 39.9 Å². The van der Waals surface area contributed by atoms with E-state index in [-0.39, 0.29) is 19.1 Å². The number of hydrogen-bond donors (Lipinski definition) is 2. The lowest BCUT2D eigenvalue weighted by molar-refractivity contribution is -0.870. The molecule has 0 saturated heterocycles. The molecule has 0 spiro atoms. The second kappa shape index (κ2) is 49.0. The summed E-state index contributed by atoms with van der Waals surface area (Å²) in [6.07, 6.45) is 61.8. The second-order valence-electron chi connectivity index (χ2n) is 21.0. The van der Waals surface area contributed by atoms with Crippen LogP contribution in [0.1, 0.15) is 284 Å². The first-order valence-corrected chi connectivity index (χ1v) is 30.2. The number of nitrogens with zero attached hydrogens (tertiary/aromatic N) is 1. The van der Waals surface area contributed by atoms with Crippen LogP contribution in [-0.4, -0.2) is 68.5 Å². The predicted molar refractivity (Wildman–Crippen MR) is 284 cm³/mol. The molecule has 0 aromatic rings. The van der Waals surface area contributed by atoms with Gasteiger partial charge in [-0.3, -0.25) is 9.36 Å². The molecule has 0 aliphatic rings. The topological polar surface area (TPSA) is 108 Å². The van der Waals surface area contributed by atoms with Crippen molar-refractivity contribution in [3.8, 4) is 0 Å². The first kappa shape index (κ1) is 65.0. The molecule has 0 aliphatic carbocycles. The Kier molecular flexibility index (Phi) is 48.2. The summed E-state index contributed by atoms with van der Waals surface area (Å²) in [5.74, 6) is -0.206. The van der Waals surface area contributed by atoms with Gasteiger partial charge in [-0.05, 0) is 25.7 Å². The van der Waals surface area contributed by atoms with Gasteiger partial charge in [0, 0.05) is 6.42 Å². The average Bonchev–Trinajstić information content (AvgIpc) is 3.28. The number of carbonyl (C=O) groups excluding carboxylic acids is 1. The van der Waals surface area contributed by atoms with E-state index in [2.05, 4.69) is 31.3 Å². The minimum absolute atomic E-state index is 0.00467. The molecule has 0 fully saturated rings. The highest BCUT2D eigenvalue weighted by molar-refractivity contribution is 7.45. The van der Waals surface area contributed by atoms with E-state index in [4.69, 9.17) is 9.05 Å². The molecule has 0 aromatic carbocycles. The lowest BCUT2D eigenvalue weighted by Crippen LogP contribution is -2.45. The van der Waals surface area contributed by atoms with Gasteiger partial charge in [-0.25, -0.2) is 0 Å². The van der Waals surface area contributed by atoms with E-state index >= 15 is 0 Å². The molecule has 66 heavy (non-hydrogen) atoms. The first-order valence-electron chi connectivity index (χ1n) is 28.7. The van der Waals surface area contributed by atoms with Crippen molar-refractivity contribution < 1.29 is 32.9 Å². The Morgan fingerprint density at radius 1 is 0.515 bits per heavy atom. The van der Waals surface area contributed by atoms with Crippen molar-refractivity contribution in [3.63, 3.8) is 0 Å². The molecule has 1 amide bonds. The highest BCUT2D eigenvalue weighted by atomic mass is 31.2. The molecule has 0 saturated carbocycles. The summed E-state index contributed by atoms with van der Waals surface area (Å²) in [6.45, 7) is 4.57. The maximum Gasteiger partial charge on any atom is 0.268 e. The van der Waals surface area contributed by atoms with Gasteiger partial charge in [-0.15, -0.1) is 0 Å². The molecule has 0 rings (SSSR count). The molecule has 392 valence electrons. The SMILES string of the molecule is CCCC/C=C/CC/C=C/C(O)C(COP(=O)([O-])OCC[N+](C)(C)C)NC(=O)CCCCCCCCCCCCCCCCCCCCCCCCCCCCCCCCCCCCCC. The number of quaternary nitrogens is 1. The summed E-state index contributed by atoms with van der Waals surface area (Å²) in [4.78, 5) is 25.3. The fourth-order valence-corrected chi connectivity index (χ4v) is 9.35. The van der Waals surface area contributed by atoms with Crippen LogP contribution in [0.3, 0.4) is 0 Å². The lowest BCUT2D eigenvalue weighted by atomic mass is 10.0. The number of likely N-dealkylation sites (N-methyl/N-ethyl adjacent to an activating group) is 1. The number of allylic oxidation sites excluding steroid dienone is 3. The number of rotatable bonds is 53. The van der Waals surface area contributed by atoms with E-state index in [1.807, 2.05) is 27.2 Å². The Labute approximate surface area is 411 Å². The minimum atomic E-state index is -4.59. The molecule has 0 bridgehead atoms. The maximum absolute atomic E-state index is 12.9. The number of hydrogen-bond acceptors (Lipinski definition) is 6. The molecular weight excluding hydrogens is 840 g/mol. The van der Waals surface area contributed by atoms with Gasteiger partial charge in [-0.1, -0.05) is 276 Å². The molecule has 0 heterocycles. The number of phosphoric ester groups is 1. The van der Waals surface area contributed by atoms with Crippen molar-refractivity contribution in [2.45, 2.75) is 296 Å². The Bertz CT molecular complexity index is 1130. The Balaban J connectivity index is 3.78. The van der Waals surface area contributed by atoms with Crippen molar-refractivity contribution >= 4 is 13.7 Å². The van der Waals surface area contributed by atoms with Gasteiger partial charge >= 0.3 is 0 Å². The van der Waals surface area contributed by atoms with Crippen LogP contribution >= 0.6 is 7.82 Å². The molecule has 9 heteroatoms. The minimum Gasteiger partial charge on any atom is -0.756 e. The monoisotopic (exact) mass is 953 g/mol. The van der Waals surface area contributed by atoms with Gasteiger partial charge in [0.15, 0.2) is 0 Å². The first-order chi connectivity index (χ1) is 32.0. The summed E-state index contributed by atoms with van der Waals surface area (Å²) in [7, 11) is 1.25. The van der Waals surface area contributed by atoms with Crippen LogP contribution < -0.4 is 10.2 Å². The van der Waals surface area contributed by atoms with Crippen LogP contribution in [0.2, 0.25) is 0 Å². The average molecular weight is 954 g/mol. The van der Waals surface area contributed by atoms with Gasteiger partial charge in [0.25, 0.3) is 7.82 Å². The van der Waals surface area contributed by atoms with Gasteiger partial charge < -0.3 is 28.8 Å². The Morgan fingerprint density at radius 2 is 0.848 bits per heavy atom. The standard InChI is InChI=1S/C57H113N2O6P/c1-6-8-10-12-14-16-17-18-19-20-21-22-23-24-25-26-27-28-29-30-31-32-33-34-35-36-37-38-39-40-41-42-43-45-47-49-51-57(61)58-55(54-65-66(62,63)64-53-52-59(3,4)5)56(60)50-48-46-44-15-13-11-9-7-2/h13,15,48,50,55-56,60H,6-12,14,16-47,49,51-54H2,1-5H3,(H-,58,61,62,63)/b15-13+,50-48+. The zero-order valence-corrected chi connectivity index (χ0v) is 45.6. The zero-order chi connectivity index (χ0) is 48.5. The highest BCUT2D eigenvalue weighted by Crippen LogP contribution is 2.38. The fraction of sp³-hybridized carbons (Fsp3) is 0.912. The summed E-state index contributed by atoms with van der Waals surface area (Å²) < 4.78 is 23.1. The Hall–Kier alpha value is -1.02. The zero-order valence-electron chi connectivity index (χ0n) is 44.7. The normalized spacial score (nSPS) is 14.1. The van der Waals surface area contributed by atoms with Gasteiger partial charge in [0.1, 0.15) is 13.2 Å². The summed E-state index contributed by atoms with van der Waals surface area (Å²) in [5.41, 5.74) is 0. The Morgan fingerprint density at radius 3 is 1.21 bits per heavy atom. The van der Waals surface area contributed by atoms with Crippen LogP contribution in [0.15, 0.2) is 24.3 Å². The maximum atomic E-state index is 12.9. The number of aliphatic hydroxyl groups is 1.